The van der Waals surface area contributed by atoms with Crippen LogP contribution in [0.4, 0.5) is 5.69 Å². The zero-order chi connectivity index (χ0) is 19.9. The summed E-state index contributed by atoms with van der Waals surface area (Å²) in [5.41, 5.74) is 2.41. The number of hydrogen-bond donors (Lipinski definition) is 2. The maximum atomic E-state index is 11.4. The molecule has 1 saturated heterocycles. The smallest absolute Gasteiger partial charge is 0.211 e. The maximum Gasteiger partial charge on any atom is 0.211 e. The molecule has 0 radical (unpaired) electrons. The first-order valence-electron chi connectivity index (χ1n) is 9.30. The van der Waals surface area contributed by atoms with E-state index >= 15 is 0 Å². The van der Waals surface area contributed by atoms with Crippen molar-refractivity contribution in [2.75, 3.05) is 57.0 Å². The molecule has 1 aliphatic heterocycles. The Morgan fingerprint density at radius 2 is 1.89 bits per heavy atom. The van der Waals surface area contributed by atoms with Crippen molar-refractivity contribution >= 4 is 57.2 Å². The molecule has 10 heteroatoms. The Morgan fingerprint density at radius 3 is 2.50 bits per heavy atom. The zero-order valence-electron chi connectivity index (χ0n) is 16.7. The van der Waals surface area contributed by atoms with E-state index in [1.807, 2.05) is 12.1 Å². The van der Waals surface area contributed by atoms with Gasteiger partial charge in [-0.2, -0.15) is 0 Å². The monoisotopic (exact) mass is 543 g/mol. The van der Waals surface area contributed by atoms with Gasteiger partial charge >= 0.3 is 0 Å². The van der Waals surface area contributed by atoms with E-state index in [1.165, 1.54) is 11.3 Å². The molecule has 0 amide bonds. The van der Waals surface area contributed by atoms with Gasteiger partial charge in [0.2, 0.25) is 10.0 Å². The minimum absolute atomic E-state index is 0. The number of nitrogens with one attached hydrogen (secondary N) is 2. The lowest BCUT2D eigenvalue weighted by atomic mass is 10.1. The Labute approximate surface area is 191 Å². The first-order chi connectivity index (χ1) is 12.9. The Bertz CT molecular complexity index is 752. The molecule has 1 heterocycles. The Hall–Kier alpha value is -0.780. The van der Waals surface area contributed by atoms with Crippen LogP contribution in [0.15, 0.2) is 23.2 Å². The second-order valence-electron chi connectivity index (χ2n) is 6.53. The van der Waals surface area contributed by atoms with Gasteiger partial charge in [0.1, 0.15) is 0 Å². The Morgan fingerprint density at radius 1 is 1.21 bits per heavy atom. The summed E-state index contributed by atoms with van der Waals surface area (Å²) in [6.07, 6.45) is 0.708. The van der Waals surface area contributed by atoms with Crippen LogP contribution in [-0.4, -0.2) is 71.3 Å². The van der Waals surface area contributed by atoms with E-state index in [1.54, 1.807) is 14.0 Å². The molecule has 0 aliphatic carbocycles. The zero-order valence-corrected chi connectivity index (χ0v) is 20.6. The van der Waals surface area contributed by atoms with Crippen LogP contribution < -0.4 is 14.9 Å². The van der Waals surface area contributed by atoms with Crippen molar-refractivity contribution in [1.29, 1.82) is 0 Å². The third-order valence-corrected chi connectivity index (χ3v) is 6.28. The normalized spacial score (nSPS) is 15.4. The first kappa shape index (κ1) is 25.3. The summed E-state index contributed by atoms with van der Waals surface area (Å²) in [6.45, 7) is 8.38. The van der Waals surface area contributed by atoms with E-state index in [2.05, 4.69) is 37.8 Å². The molecule has 0 bridgehead atoms. The van der Waals surface area contributed by atoms with Gasteiger partial charge < -0.3 is 15.1 Å². The molecule has 1 fully saturated rings. The molecule has 0 unspecified atom stereocenters. The number of rotatable bonds is 7. The van der Waals surface area contributed by atoms with Gasteiger partial charge in [0.25, 0.3) is 0 Å². The number of guanidine groups is 1. The lowest BCUT2D eigenvalue weighted by molar-refractivity contribution is 0.372. The Balaban J connectivity index is 0.00000392. The van der Waals surface area contributed by atoms with Gasteiger partial charge in [0.05, 0.1) is 5.75 Å². The number of sulfonamides is 1. The van der Waals surface area contributed by atoms with E-state index in [-0.39, 0.29) is 29.7 Å². The van der Waals surface area contributed by atoms with E-state index in [4.69, 9.17) is 11.6 Å². The van der Waals surface area contributed by atoms with Crippen LogP contribution in [0.5, 0.6) is 0 Å². The lowest BCUT2D eigenvalue weighted by Gasteiger charge is -2.38. The summed E-state index contributed by atoms with van der Waals surface area (Å²) in [6, 6.07) is 6.00. The van der Waals surface area contributed by atoms with Gasteiger partial charge in [-0.05, 0) is 38.0 Å². The molecular formula is C18H31ClIN5O2S. The third kappa shape index (κ3) is 7.57. The summed E-state index contributed by atoms with van der Waals surface area (Å²) in [7, 11) is -1.35. The van der Waals surface area contributed by atoms with E-state index in [0.717, 1.165) is 37.2 Å². The number of piperazine rings is 1. The second-order valence-corrected chi connectivity index (χ2v) is 9.06. The molecule has 0 atom stereocenters. The average Bonchev–Trinajstić information content (AvgIpc) is 2.67. The van der Waals surface area contributed by atoms with Crippen LogP contribution in [0.2, 0.25) is 5.02 Å². The van der Waals surface area contributed by atoms with Crippen molar-refractivity contribution in [2.45, 2.75) is 20.3 Å². The summed E-state index contributed by atoms with van der Waals surface area (Å²) in [4.78, 5) is 8.94. The van der Waals surface area contributed by atoms with Crippen molar-refractivity contribution in [2.24, 2.45) is 4.99 Å². The van der Waals surface area contributed by atoms with Gasteiger partial charge in [-0.1, -0.05) is 17.7 Å². The van der Waals surface area contributed by atoms with E-state index in [9.17, 15) is 8.42 Å². The van der Waals surface area contributed by atoms with Gasteiger partial charge in [-0.15, -0.1) is 24.0 Å². The predicted octanol–water partition coefficient (Wildman–Crippen LogP) is 2.29. The minimum Gasteiger partial charge on any atom is -0.368 e. The summed E-state index contributed by atoms with van der Waals surface area (Å²) < 4.78 is 25.4. The predicted molar refractivity (Wildman–Crippen MR) is 129 cm³/mol. The van der Waals surface area contributed by atoms with Crippen molar-refractivity contribution < 1.29 is 8.42 Å². The molecule has 1 aromatic carbocycles. The first-order valence-corrected chi connectivity index (χ1v) is 11.3. The number of hydrogen-bond acceptors (Lipinski definition) is 4. The fourth-order valence-corrected chi connectivity index (χ4v) is 3.86. The highest BCUT2D eigenvalue weighted by molar-refractivity contribution is 14.0. The van der Waals surface area contributed by atoms with Gasteiger partial charge in [0, 0.05) is 57.0 Å². The maximum absolute atomic E-state index is 11.4. The van der Waals surface area contributed by atoms with Crippen molar-refractivity contribution in [3.63, 3.8) is 0 Å². The lowest BCUT2D eigenvalue weighted by Crippen LogP contribution is -2.53. The van der Waals surface area contributed by atoms with Crippen LogP contribution in [0.1, 0.15) is 18.9 Å². The van der Waals surface area contributed by atoms with Crippen LogP contribution in [-0.2, 0) is 10.0 Å². The highest BCUT2D eigenvalue weighted by Crippen LogP contribution is 2.25. The fourth-order valence-electron chi connectivity index (χ4n) is 3.03. The van der Waals surface area contributed by atoms with Gasteiger partial charge in [-0.3, -0.25) is 4.99 Å². The molecule has 28 heavy (non-hydrogen) atoms. The minimum atomic E-state index is -3.12. The average molecular weight is 544 g/mol. The quantitative estimate of drug-likeness (QED) is 0.239. The SMILES string of the molecule is CCS(=O)(=O)NCCCNC(=NC)N1CCN(c2cc(Cl)ccc2C)CC1.I. The number of anilines is 1. The molecule has 2 N–H and O–H groups in total. The molecule has 2 rings (SSSR count). The van der Waals surface area contributed by atoms with Crippen molar-refractivity contribution in [3.8, 4) is 0 Å². The van der Waals surface area contributed by atoms with Gasteiger partial charge in [-0.25, -0.2) is 13.1 Å². The van der Waals surface area contributed by atoms with E-state index in [0.29, 0.717) is 19.5 Å². The summed E-state index contributed by atoms with van der Waals surface area (Å²) >= 11 is 6.15. The van der Waals surface area contributed by atoms with Crippen molar-refractivity contribution in [3.05, 3.63) is 28.8 Å². The highest BCUT2D eigenvalue weighted by Gasteiger charge is 2.20. The topological polar surface area (TPSA) is 77.0 Å². The third-order valence-electron chi connectivity index (χ3n) is 4.64. The standard InChI is InChI=1S/C18H30ClN5O2S.HI/c1-4-27(25,26)22-9-5-8-21-18(20-3)24-12-10-23(11-13-24)17-14-16(19)7-6-15(17)2;/h6-7,14,22H,4-5,8-13H2,1-3H3,(H,20,21);1H. The summed E-state index contributed by atoms with van der Waals surface area (Å²) in [5, 5.41) is 4.08. The van der Waals surface area contributed by atoms with E-state index < -0.39 is 10.0 Å². The number of halogens is 2. The molecular weight excluding hydrogens is 513 g/mol. The van der Waals surface area contributed by atoms with Crippen LogP contribution in [0.25, 0.3) is 0 Å². The number of benzene rings is 1. The largest absolute Gasteiger partial charge is 0.368 e. The summed E-state index contributed by atoms with van der Waals surface area (Å²) in [5.74, 6) is 0.967. The molecule has 0 aromatic heterocycles. The van der Waals surface area contributed by atoms with Crippen molar-refractivity contribution in [1.82, 2.24) is 14.9 Å². The van der Waals surface area contributed by atoms with Crippen LogP contribution in [0.3, 0.4) is 0 Å². The molecule has 1 aromatic rings. The fraction of sp³-hybridized carbons (Fsp3) is 0.611. The Kier molecular flexibility index (Phi) is 10.9. The molecule has 0 saturated carbocycles. The molecule has 7 nitrogen and oxygen atoms in total. The number of aliphatic imine (C=N–C) groups is 1. The highest BCUT2D eigenvalue weighted by atomic mass is 127. The van der Waals surface area contributed by atoms with Gasteiger partial charge in [0.15, 0.2) is 5.96 Å². The molecule has 0 spiro atoms. The molecule has 160 valence electrons. The van der Waals surface area contributed by atoms with Crippen LogP contribution >= 0.6 is 35.6 Å². The number of aryl methyl sites for hydroxylation is 1. The van der Waals surface area contributed by atoms with Crippen LogP contribution in [0, 0.1) is 6.92 Å². The molecule has 1 aliphatic rings. The number of nitrogens with zero attached hydrogens (tertiary/aromatic N) is 3. The second kappa shape index (κ2) is 12.0.